The van der Waals surface area contributed by atoms with Gasteiger partial charge in [-0.15, -0.1) is 0 Å². The number of hydrogen-bond donors (Lipinski definition) is 1. The highest BCUT2D eigenvalue weighted by atomic mass is 35.5. The molecule has 0 aliphatic heterocycles. The number of aromatic nitrogens is 3. The highest BCUT2D eigenvalue weighted by molar-refractivity contribution is 6.34. The summed E-state index contributed by atoms with van der Waals surface area (Å²) < 4.78 is 14.9. The van der Waals surface area contributed by atoms with Gasteiger partial charge in [0.15, 0.2) is 0 Å². The van der Waals surface area contributed by atoms with Crippen molar-refractivity contribution in [3.8, 4) is 11.1 Å². The SMILES string of the molecule is C=C/C=C(\C=C/C)c1ccc2ncc(Cl)c(NC(C)c3cc(-c4cncnc4)ccc3F)c2c1. The van der Waals surface area contributed by atoms with Crippen LogP contribution >= 0.6 is 11.6 Å². The molecule has 0 fully saturated rings. The number of nitrogens with zero attached hydrogens (tertiary/aromatic N) is 3. The first-order chi connectivity index (χ1) is 16.5. The molecule has 0 aliphatic rings. The Kier molecular flexibility index (Phi) is 7.14. The van der Waals surface area contributed by atoms with Crippen LogP contribution in [0.4, 0.5) is 10.1 Å². The summed E-state index contributed by atoms with van der Waals surface area (Å²) in [6.45, 7) is 7.68. The van der Waals surface area contributed by atoms with Crippen molar-refractivity contribution in [2.24, 2.45) is 0 Å². The van der Waals surface area contributed by atoms with E-state index in [0.717, 1.165) is 33.2 Å². The Labute approximate surface area is 203 Å². The summed E-state index contributed by atoms with van der Waals surface area (Å²) in [4.78, 5) is 12.6. The second-order valence-corrected chi connectivity index (χ2v) is 8.21. The van der Waals surface area contributed by atoms with Crippen LogP contribution in [-0.4, -0.2) is 15.0 Å². The molecule has 34 heavy (non-hydrogen) atoms. The van der Waals surface area contributed by atoms with Crippen LogP contribution < -0.4 is 5.32 Å². The fourth-order valence-electron chi connectivity index (χ4n) is 3.85. The average molecular weight is 471 g/mol. The summed E-state index contributed by atoms with van der Waals surface area (Å²) in [6, 6.07) is 10.6. The van der Waals surface area contributed by atoms with Gasteiger partial charge in [0.25, 0.3) is 0 Å². The molecule has 4 nitrogen and oxygen atoms in total. The molecule has 0 bridgehead atoms. The second-order valence-electron chi connectivity index (χ2n) is 7.80. The van der Waals surface area contributed by atoms with Crippen LogP contribution in [0.25, 0.3) is 27.6 Å². The summed E-state index contributed by atoms with van der Waals surface area (Å²) in [7, 11) is 0. The largest absolute Gasteiger partial charge is 0.377 e. The quantitative estimate of drug-likeness (QED) is 0.280. The Morgan fingerprint density at radius 2 is 1.88 bits per heavy atom. The van der Waals surface area contributed by atoms with Crippen molar-refractivity contribution in [1.29, 1.82) is 0 Å². The molecule has 0 saturated carbocycles. The van der Waals surface area contributed by atoms with Crippen LogP contribution in [0, 0.1) is 5.82 Å². The van der Waals surface area contributed by atoms with Crippen molar-refractivity contribution in [2.45, 2.75) is 19.9 Å². The van der Waals surface area contributed by atoms with Crippen molar-refractivity contribution in [1.82, 2.24) is 15.0 Å². The monoisotopic (exact) mass is 470 g/mol. The van der Waals surface area contributed by atoms with E-state index in [9.17, 15) is 4.39 Å². The van der Waals surface area contributed by atoms with E-state index in [2.05, 4.69) is 26.8 Å². The van der Waals surface area contributed by atoms with Crippen LogP contribution in [-0.2, 0) is 0 Å². The van der Waals surface area contributed by atoms with Gasteiger partial charge in [0.05, 0.1) is 22.3 Å². The molecule has 2 aromatic carbocycles. The van der Waals surface area contributed by atoms with E-state index in [1.165, 1.54) is 12.4 Å². The standard InChI is InChI=1S/C28H24ClFN4/c1-4-6-19(7-5-2)20-9-11-27-24(13-20)28(25(29)16-33-27)34-18(3)23-12-21(8-10-26(23)30)22-14-31-17-32-15-22/h4-18H,1H2,2-3H3,(H,33,34)/b7-5-,19-6+. The maximum absolute atomic E-state index is 14.9. The Morgan fingerprint density at radius 1 is 1.09 bits per heavy atom. The van der Waals surface area contributed by atoms with Crippen molar-refractivity contribution in [2.75, 3.05) is 5.32 Å². The summed E-state index contributed by atoms with van der Waals surface area (Å²) in [5.41, 5.74) is 5.68. The summed E-state index contributed by atoms with van der Waals surface area (Å²) in [6.07, 6.45) is 14.2. The maximum atomic E-state index is 14.9. The van der Waals surface area contributed by atoms with Gasteiger partial charge in [-0.1, -0.05) is 54.6 Å². The Bertz CT molecular complexity index is 1400. The van der Waals surface area contributed by atoms with Gasteiger partial charge < -0.3 is 5.32 Å². The Morgan fingerprint density at radius 3 is 2.62 bits per heavy atom. The van der Waals surface area contributed by atoms with E-state index >= 15 is 0 Å². The van der Waals surface area contributed by atoms with Crippen LogP contribution in [0.15, 0.2) is 92.2 Å². The van der Waals surface area contributed by atoms with Gasteiger partial charge in [0.1, 0.15) is 12.1 Å². The highest BCUT2D eigenvalue weighted by Gasteiger charge is 2.17. The van der Waals surface area contributed by atoms with Gasteiger partial charge in [-0.25, -0.2) is 14.4 Å². The first-order valence-electron chi connectivity index (χ1n) is 10.9. The first-order valence-corrected chi connectivity index (χ1v) is 11.2. The van der Waals surface area contributed by atoms with E-state index in [0.29, 0.717) is 16.3 Å². The zero-order valence-electron chi connectivity index (χ0n) is 19.0. The smallest absolute Gasteiger partial charge is 0.128 e. The van der Waals surface area contributed by atoms with Gasteiger partial charge in [-0.2, -0.15) is 0 Å². The fourth-order valence-corrected chi connectivity index (χ4v) is 4.05. The molecule has 1 atom stereocenters. The Balaban J connectivity index is 1.76. The van der Waals surface area contributed by atoms with Crippen molar-refractivity contribution in [3.05, 3.63) is 114 Å². The molecule has 2 heterocycles. The maximum Gasteiger partial charge on any atom is 0.128 e. The highest BCUT2D eigenvalue weighted by Crippen LogP contribution is 2.35. The number of hydrogen-bond acceptors (Lipinski definition) is 4. The van der Waals surface area contributed by atoms with E-state index in [1.54, 1.807) is 30.7 Å². The van der Waals surface area contributed by atoms with Crippen molar-refractivity contribution in [3.63, 3.8) is 0 Å². The van der Waals surface area contributed by atoms with Gasteiger partial charge in [-0.3, -0.25) is 4.98 Å². The van der Waals surface area contributed by atoms with Crippen LogP contribution in [0.5, 0.6) is 0 Å². The molecule has 4 aromatic rings. The average Bonchev–Trinajstić information content (AvgIpc) is 2.86. The fraction of sp³-hybridized carbons (Fsp3) is 0.107. The molecule has 0 spiro atoms. The number of benzene rings is 2. The minimum absolute atomic E-state index is 0.306. The normalized spacial score (nSPS) is 12.8. The van der Waals surface area contributed by atoms with E-state index in [4.69, 9.17) is 11.6 Å². The van der Waals surface area contributed by atoms with Gasteiger partial charge in [-0.05, 0) is 54.8 Å². The van der Waals surface area contributed by atoms with E-state index < -0.39 is 0 Å². The molecule has 0 amide bonds. The minimum Gasteiger partial charge on any atom is -0.377 e. The minimum atomic E-state index is -0.366. The van der Waals surface area contributed by atoms with E-state index in [1.807, 2.05) is 56.3 Å². The van der Waals surface area contributed by atoms with Crippen molar-refractivity contribution >= 4 is 33.8 Å². The molecule has 0 radical (unpaired) electrons. The van der Waals surface area contributed by atoms with Gasteiger partial charge in [0, 0.05) is 35.1 Å². The predicted molar refractivity (Wildman–Crippen MR) is 139 cm³/mol. The molecule has 170 valence electrons. The molecular weight excluding hydrogens is 447 g/mol. The zero-order valence-corrected chi connectivity index (χ0v) is 19.7. The summed E-state index contributed by atoms with van der Waals surface area (Å²) >= 11 is 6.58. The predicted octanol–water partition coefficient (Wildman–Crippen LogP) is 7.80. The van der Waals surface area contributed by atoms with Gasteiger partial charge in [0.2, 0.25) is 0 Å². The number of fused-ring (bicyclic) bond motifs is 1. The lowest BCUT2D eigenvalue weighted by Crippen LogP contribution is -2.10. The third-order valence-electron chi connectivity index (χ3n) is 5.52. The third kappa shape index (κ3) is 4.90. The van der Waals surface area contributed by atoms with Crippen LogP contribution in [0.1, 0.15) is 31.0 Å². The van der Waals surface area contributed by atoms with Crippen molar-refractivity contribution < 1.29 is 4.39 Å². The molecule has 0 aliphatic carbocycles. The van der Waals surface area contributed by atoms with E-state index in [-0.39, 0.29) is 11.9 Å². The van der Waals surface area contributed by atoms with Gasteiger partial charge >= 0.3 is 0 Å². The molecule has 2 aromatic heterocycles. The third-order valence-corrected chi connectivity index (χ3v) is 5.80. The Hall–Kier alpha value is -3.83. The lowest BCUT2D eigenvalue weighted by Gasteiger charge is -2.20. The molecule has 1 unspecified atom stereocenters. The number of rotatable bonds is 7. The molecule has 4 rings (SSSR count). The lowest BCUT2D eigenvalue weighted by molar-refractivity contribution is 0.600. The van der Waals surface area contributed by atoms with Crippen LogP contribution in [0.2, 0.25) is 5.02 Å². The number of anilines is 1. The molecule has 6 heteroatoms. The molecular formula is C28H24ClFN4. The number of pyridine rings is 1. The second kappa shape index (κ2) is 10.4. The molecule has 1 N–H and O–H groups in total. The first kappa shape index (κ1) is 23.3. The number of allylic oxidation sites excluding steroid dienone is 5. The number of nitrogens with one attached hydrogen (secondary N) is 1. The number of halogens is 2. The summed E-state index contributed by atoms with van der Waals surface area (Å²) in [5, 5.41) is 4.73. The van der Waals surface area contributed by atoms with Crippen LogP contribution in [0.3, 0.4) is 0 Å². The molecule has 0 saturated heterocycles. The topological polar surface area (TPSA) is 50.7 Å². The zero-order chi connectivity index (χ0) is 24.1. The summed E-state index contributed by atoms with van der Waals surface area (Å²) in [5.74, 6) is -0.306. The lowest BCUT2D eigenvalue weighted by atomic mass is 9.99.